The molecule has 2 amide bonds. The Morgan fingerprint density at radius 2 is 2.04 bits per heavy atom. The fraction of sp³-hybridized carbons (Fsp3) is 0.619. The maximum Gasteiger partial charge on any atom is 0.254 e. The van der Waals surface area contributed by atoms with E-state index in [4.69, 9.17) is 4.74 Å². The first kappa shape index (κ1) is 20.6. The van der Waals surface area contributed by atoms with Crippen LogP contribution in [-0.4, -0.2) is 67.5 Å². The van der Waals surface area contributed by atoms with Gasteiger partial charge >= 0.3 is 0 Å². The summed E-state index contributed by atoms with van der Waals surface area (Å²) >= 11 is 0. The molecule has 2 atom stereocenters. The van der Waals surface area contributed by atoms with Crippen LogP contribution in [0.3, 0.4) is 0 Å². The molecule has 2 aliphatic heterocycles. The van der Waals surface area contributed by atoms with E-state index in [1.807, 2.05) is 20.9 Å². The van der Waals surface area contributed by atoms with Crippen LogP contribution in [0, 0.1) is 11.2 Å². The van der Waals surface area contributed by atoms with Crippen LogP contribution in [0.1, 0.15) is 43.5 Å². The van der Waals surface area contributed by atoms with E-state index in [9.17, 15) is 14.0 Å². The Balaban J connectivity index is 1.93. The summed E-state index contributed by atoms with van der Waals surface area (Å²) in [5.74, 6) is -0.657. The molecule has 1 aromatic rings. The summed E-state index contributed by atoms with van der Waals surface area (Å²) in [4.78, 5) is 30.4. The SMILES string of the molecule is COc1ccc(C(=O)N2CCC[C@@]3(C(=O)NC(C)C)CCN(C)C[C@@H]23)cc1F. The van der Waals surface area contributed by atoms with Gasteiger partial charge in [0, 0.05) is 24.7 Å². The summed E-state index contributed by atoms with van der Waals surface area (Å²) in [5.41, 5.74) is -0.304. The van der Waals surface area contributed by atoms with E-state index < -0.39 is 11.2 Å². The quantitative estimate of drug-likeness (QED) is 0.856. The molecule has 2 fully saturated rings. The van der Waals surface area contributed by atoms with E-state index in [-0.39, 0.29) is 35.2 Å². The number of amides is 2. The van der Waals surface area contributed by atoms with Crippen molar-refractivity contribution >= 4 is 11.8 Å². The molecule has 0 bridgehead atoms. The van der Waals surface area contributed by atoms with Gasteiger partial charge in [0.1, 0.15) is 0 Å². The summed E-state index contributed by atoms with van der Waals surface area (Å²) < 4.78 is 19.1. The highest BCUT2D eigenvalue weighted by molar-refractivity contribution is 5.95. The van der Waals surface area contributed by atoms with Crippen molar-refractivity contribution < 1.29 is 18.7 Å². The highest BCUT2D eigenvalue weighted by Crippen LogP contribution is 2.43. The first-order valence-electron chi connectivity index (χ1n) is 9.92. The number of likely N-dealkylation sites (N-methyl/N-ethyl adjacent to an activating group) is 1. The van der Waals surface area contributed by atoms with Gasteiger partial charge < -0.3 is 19.9 Å². The van der Waals surface area contributed by atoms with Crippen molar-refractivity contribution in [3.8, 4) is 5.75 Å². The minimum atomic E-state index is -0.588. The molecule has 0 aromatic heterocycles. The molecule has 0 saturated carbocycles. The fourth-order valence-electron chi connectivity index (χ4n) is 4.52. The largest absolute Gasteiger partial charge is 0.494 e. The van der Waals surface area contributed by atoms with Crippen molar-refractivity contribution in [2.75, 3.05) is 33.8 Å². The maximum absolute atomic E-state index is 14.2. The van der Waals surface area contributed by atoms with Gasteiger partial charge in [-0.3, -0.25) is 9.59 Å². The van der Waals surface area contributed by atoms with Gasteiger partial charge in [0.15, 0.2) is 11.6 Å². The third-order valence-corrected chi connectivity index (χ3v) is 5.99. The van der Waals surface area contributed by atoms with Gasteiger partial charge in [-0.15, -0.1) is 0 Å². The minimum absolute atomic E-state index is 0.0269. The lowest BCUT2D eigenvalue weighted by atomic mass is 9.67. The zero-order valence-electron chi connectivity index (χ0n) is 17.1. The lowest BCUT2D eigenvalue weighted by molar-refractivity contribution is -0.143. The van der Waals surface area contributed by atoms with Gasteiger partial charge in [-0.1, -0.05) is 0 Å². The number of halogens is 1. The standard InChI is InChI=1S/C21H30FN3O3/c1-14(2)23-20(27)21-8-5-10-25(18(21)13-24(3)11-9-21)19(26)15-6-7-17(28-4)16(22)12-15/h6-7,12,14,18H,5,8-11,13H2,1-4H3,(H,23,27)/t18-,21-/m1/s1. The molecule has 1 aromatic carbocycles. The second-order valence-corrected chi connectivity index (χ2v) is 8.26. The second kappa shape index (κ2) is 8.07. The van der Waals surface area contributed by atoms with Crippen LogP contribution in [0.25, 0.3) is 0 Å². The van der Waals surface area contributed by atoms with Crippen molar-refractivity contribution in [3.63, 3.8) is 0 Å². The van der Waals surface area contributed by atoms with Crippen LogP contribution in [0.5, 0.6) is 5.75 Å². The third-order valence-electron chi connectivity index (χ3n) is 5.99. The number of carbonyl (C=O) groups excluding carboxylic acids is 2. The normalized spacial score (nSPS) is 25.4. The van der Waals surface area contributed by atoms with E-state index in [0.717, 1.165) is 19.4 Å². The molecule has 1 N–H and O–H groups in total. The van der Waals surface area contributed by atoms with E-state index in [2.05, 4.69) is 10.2 Å². The third kappa shape index (κ3) is 3.72. The Labute approximate surface area is 166 Å². The van der Waals surface area contributed by atoms with Crippen LogP contribution < -0.4 is 10.1 Å². The number of hydrogen-bond donors (Lipinski definition) is 1. The molecule has 7 heteroatoms. The van der Waals surface area contributed by atoms with Gasteiger partial charge in [-0.2, -0.15) is 0 Å². The van der Waals surface area contributed by atoms with E-state index in [1.165, 1.54) is 19.2 Å². The van der Waals surface area contributed by atoms with Crippen LogP contribution in [-0.2, 0) is 4.79 Å². The van der Waals surface area contributed by atoms with Gasteiger partial charge in [0.2, 0.25) is 5.91 Å². The van der Waals surface area contributed by atoms with Crippen LogP contribution in [0.4, 0.5) is 4.39 Å². The molecule has 2 aliphatic rings. The predicted molar refractivity (Wildman–Crippen MR) is 105 cm³/mol. The second-order valence-electron chi connectivity index (χ2n) is 8.26. The molecule has 2 heterocycles. The predicted octanol–water partition coefficient (Wildman–Crippen LogP) is 2.29. The molecule has 0 unspecified atom stereocenters. The number of rotatable bonds is 4. The number of nitrogens with zero attached hydrogens (tertiary/aromatic N) is 2. The summed E-state index contributed by atoms with van der Waals surface area (Å²) in [7, 11) is 3.40. The van der Waals surface area contributed by atoms with Gasteiger partial charge in [0.05, 0.1) is 18.6 Å². The zero-order valence-corrected chi connectivity index (χ0v) is 17.1. The Morgan fingerprint density at radius 3 is 2.68 bits per heavy atom. The van der Waals surface area contributed by atoms with Crippen molar-refractivity contribution in [1.82, 2.24) is 15.1 Å². The van der Waals surface area contributed by atoms with Crippen LogP contribution in [0.2, 0.25) is 0 Å². The zero-order chi connectivity index (χ0) is 20.5. The summed E-state index contributed by atoms with van der Waals surface area (Å²) in [6, 6.07) is 4.10. The Bertz CT molecular complexity index is 754. The number of fused-ring (bicyclic) bond motifs is 1. The summed E-state index contributed by atoms with van der Waals surface area (Å²) in [6.07, 6.45) is 2.24. The van der Waals surface area contributed by atoms with Gasteiger partial charge in [-0.05, 0) is 64.9 Å². The van der Waals surface area contributed by atoms with E-state index in [0.29, 0.717) is 19.5 Å². The molecule has 6 nitrogen and oxygen atoms in total. The average molecular weight is 391 g/mol. The highest BCUT2D eigenvalue weighted by atomic mass is 19.1. The molecule has 0 radical (unpaired) electrons. The first-order valence-corrected chi connectivity index (χ1v) is 9.92. The number of ether oxygens (including phenoxy) is 1. The van der Waals surface area contributed by atoms with Crippen molar-refractivity contribution in [2.45, 2.75) is 45.2 Å². The Hall–Kier alpha value is -2.15. The van der Waals surface area contributed by atoms with Crippen molar-refractivity contribution in [3.05, 3.63) is 29.6 Å². The molecule has 28 heavy (non-hydrogen) atoms. The van der Waals surface area contributed by atoms with E-state index in [1.54, 1.807) is 11.0 Å². The lowest BCUT2D eigenvalue weighted by Crippen LogP contribution is -2.66. The molecular weight excluding hydrogens is 361 g/mol. The molecule has 3 rings (SSSR count). The molecule has 2 saturated heterocycles. The Morgan fingerprint density at radius 1 is 1.29 bits per heavy atom. The van der Waals surface area contributed by atoms with Gasteiger partial charge in [-0.25, -0.2) is 4.39 Å². The summed E-state index contributed by atoms with van der Waals surface area (Å²) in [5, 5.41) is 3.07. The molecule has 0 aliphatic carbocycles. The highest BCUT2D eigenvalue weighted by Gasteiger charge is 2.53. The Kier molecular flexibility index (Phi) is 5.93. The van der Waals surface area contributed by atoms with Crippen LogP contribution in [0.15, 0.2) is 18.2 Å². The maximum atomic E-state index is 14.2. The number of piperidine rings is 2. The lowest BCUT2D eigenvalue weighted by Gasteiger charge is -2.53. The number of hydrogen-bond acceptors (Lipinski definition) is 4. The van der Waals surface area contributed by atoms with Crippen molar-refractivity contribution in [1.29, 1.82) is 0 Å². The first-order chi connectivity index (χ1) is 13.3. The van der Waals surface area contributed by atoms with Crippen molar-refractivity contribution in [2.24, 2.45) is 5.41 Å². The monoisotopic (exact) mass is 391 g/mol. The average Bonchev–Trinajstić information content (AvgIpc) is 2.66. The smallest absolute Gasteiger partial charge is 0.254 e. The molecular formula is C21H30FN3O3. The van der Waals surface area contributed by atoms with Gasteiger partial charge in [0.25, 0.3) is 5.91 Å². The number of likely N-dealkylation sites (tertiary alicyclic amines) is 2. The minimum Gasteiger partial charge on any atom is -0.494 e. The van der Waals surface area contributed by atoms with Crippen LogP contribution >= 0.6 is 0 Å². The number of nitrogens with one attached hydrogen (secondary N) is 1. The number of methoxy groups -OCH3 is 1. The van der Waals surface area contributed by atoms with E-state index >= 15 is 0 Å². The molecule has 154 valence electrons. The number of benzene rings is 1. The fourth-order valence-corrected chi connectivity index (χ4v) is 4.52. The summed E-state index contributed by atoms with van der Waals surface area (Å²) in [6.45, 7) is 5.92. The number of carbonyl (C=O) groups is 2. The molecule has 0 spiro atoms. The topological polar surface area (TPSA) is 61.9 Å².